The van der Waals surface area contributed by atoms with E-state index in [0.717, 1.165) is 5.01 Å². The maximum atomic E-state index is 12.3. The maximum Gasteiger partial charge on any atom is 0.325 e. The van der Waals surface area contributed by atoms with Gasteiger partial charge in [0.05, 0.1) is 6.61 Å². The molecule has 0 radical (unpaired) electrons. The van der Waals surface area contributed by atoms with Crippen LogP contribution in [0.4, 0.5) is 0 Å². The molecular weight excluding hydrogens is 262 g/mol. The predicted molar refractivity (Wildman–Crippen MR) is 72.8 cm³/mol. The van der Waals surface area contributed by atoms with Crippen LogP contribution in [0.3, 0.4) is 0 Å². The minimum absolute atomic E-state index is 0.137. The van der Waals surface area contributed by atoms with Crippen molar-refractivity contribution in [3.63, 3.8) is 0 Å². The highest BCUT2D eigenvalue weighted by molar-refractivity contribution is 6.39. The second-order valence-electron chi connectivity index (χ2n) is 4.24. The Hall–Kier alpha value is -2.18. The van der Waals surface area contributed by atoms with Crippen molar-refractivity contribution in [2.45, 2.75) is 19.8 Å². The topological polar surface area (TPSA) is 79.3 Å². The summed E-state index contributed by atoms with van der Waals surface area (Å²) in [5.74, 6) is -0.997. The van der Waals surface area contributed by atoms with Crippen molar-refractivity contribution in [2.75, 3.05) is 26.7 Å². The third-order valence-electron chi connectivity index (χ3n) is 2.72. The number of rotatable bonds is 6. The summed E-state index contributed by atoms with van der Waals surface area (Å²) >= 11 is 0. The van der Waals surface area contributed by atoms with Gasteiger partial charge in [-0.1, -0.05) is 6.08 Å². The molecule has 0 atom stereocenters. The summed E-state index contributed by atoms with van der Waals surface area (Å²) in [6.45, 7) is 5.57. The van der Waals surface area contributed by atoms with Gasteiger partial charge in [-0.15, -0.1) is 6.58 Å². The zero-order chi connectivity index (χ0) is 15.1. The van der Waals surface area contributed by atoms with Crippen LogP contribution in [0.2, 0.25) is 0 Å². The van der Waals surface area contributed by atoms with Crippen LogP contribution in [-0.4, -0.2) is 60.1 Å². The molecule has 0 bridgehead atoms. The van der Waals surface area contributed by atoms with Gasteiger partial charge in [-0.3, -0.25) is 14.4 Å². The summed E-state index contributed by atoms with van der Waals surface area (Å²) in [5.41, 5.74) is 0.262. The lowest BCUT2D eigenvalue weighted by Gasteiger charge is -2.24. The van der Waals surface area contributed by atoms with Crippen molar-refractivity contribution in [1.29, 1.82) is 0 Å². The Bertz CT molecular complexity index is 445. The van der Waals surface area contributed by atoms with E-state index in [9.17, 15) is 14.4 Å². The summed E-state index contributed by atoms with van der Waals surface area (Å²) in [5, 5.41) is 5.09. The molecule has 0 aromatic rings. The molecule has 0 N–H and O–H groups in total. The summed E-state index contributed by atoms with van der Waals surface area (Å²) in [7, 11) is 1.50. The smallest absolute Gasteiger partial charge is 0.325 e. The molecule has 7 heteroatoms. The van der Waals surface area contributed by atoms with E-state index < -0.39 is 5.97 Å². The Balaban J connectivity index is 2.78. The van der Waals surface area contributed by atoms with Crippen molar-refractivity contribution < 1.29 is 19.1 Å². The Morgan fingerprint density at radius 1 is 1.50 bits per heavy atom. The van der Waals surface area contributed by atoms with Crippen LogP contribution in [0, 0.1) is 0 Å². The van der Waals surface area contributed by atoms with Crippen molar-refractivity contribution in [2.24, 2.45) is 5.10 Å². The molecule has 0 aromatic heterocycles. The van der Waals surface area contributed by atoms with Crippen LogP contribution in [0.5, 0.6) is 0 Å². The average Bonchev–Trinajstić information content (AvgIpc) is 2.41. The van der Waals surface area contributed by atoms with E-state index in [-0.39, 0.29) is 50.1 Å². The lowest BCUT2D eigenvalue weighted by Crippen LogP contribution is -2.43. The quantitative estimate of drug-likeness (QED) is 0.513. The number of hydrogen-bond donors (Lipinski definition) is 0. The van der Waals surface area contributed by atoms with Gasteiger partial charge in [0.25, 0.3) is 5.91 Å². The molecule has 0 aromatic carbocycles. The molecule has 2 amide bonds. The van der Waals surface area contributed by atoms with Gasteiger partial charge in [0.1, 0.15) is 12.3 Å². The first-order chi connectivity index (χ1) is 9.49. The van der Waals surface area contributed by atoms with E-state index in [0.29, 0.717) is 0 Å². The molecule has 1 aliphatic rings. The van der Waals surface area contributed by atoms with Gasteiger partial charge in [0.15, 0.2) is 0 Å². The van der Waals surface area contributed by atoms with Gasteiger partial charge in [0.2, 0.25) is 5.91 Å². The van der Waals surface area contributed by atoms with Crippen molar-refractivity contribution in [3.8, 4) is 0 Å². The van der Waals surface area contributed by atoms with Crippen molar-refractivity contribution >= 4 is 23.5 Å². The average molecular weight is 281 g/mol. The maximum absolute atomic E-state index is 12.3. The number of carbonyl (C=O) groups is 3. The van der Waals surface area contributed by atoms with Crippen LogP contribution in [0.1, 0.15) is 19.8 Å². The number of amides is 2. The number of carbonyl (C=O) groups excluding carboxylic acids is 3. The standard InChI is InChI=1S/C13H19N3O4/c1-4-8-16(9-12(18)20-5-2)13(19)10-6-7-11(17)15(3)14-10/h4H,1,5-9H2,2-3H3. The third kappa shape index (κ3) is 4.18. The van der Waals surface area contributed by atoms with Crippen LogP contribution in [0.25, 0.3) is 0 Å². The van der Waals surface area contributed by atoms with Gasteiger partial charge in [-0.25, -0.2) is 5.01 Å². The van der Waals surface area contributed by atoms with Crippen LogP contribution in [0.15, 0.2) is 17.8 Å². The highest BCUT2D eigenvalue weighted by Crippen LogP contribution is 2.09. The molecule has 0 fully saturated rings. The van der Waals surface area contributed by atoms with Gasteiger partial charge in [0, 0.05) is 26.4 Å². The number of nitrogens with zero attached hydrogens (tertiary/aromatic N) is 3. The summed E-state index contributed by atoms with van der Waals surface area (Å²) in [6.07, 6.45) is 2.04. The first-order valence-corrected chi connectivity index (χ1v) is 6.39. The van der Waals surface area contributed by atoms with E-state index in [4.69, 9.17) is 4.74 Å². The molecule has 1 aliphatic heterocycles. The zero-order valence-electron chi connectivity index (χ0n) is 11.8. The Morgan fingerprint density at radius 3 is 2.75 bits per heavy atom. The molecule has 20 heavy (non-hydrogen) atoms. The van der Waals surface area contributed by atoms with E-state index in [1.165, 1.54) is 18.0 Å². The predicted octanol–water partition coefficient (Wildman–Crippen LogP) is 0.172. The minimum Gasteiger partial charge on any atom is -0.465 e. The number of esters is 1. The molecule has 0 unspecified atom stereocenters. The lowest BCUT2D eigenvalue weighted by atomic mass is 10.1. The second kappa shape index (κ2) is 7.42. The lowest BCUT2D eigenvalue weighted by molar-refractivity contribution is -0.147. The first-order valence-electron chi connectivity index (χ1n) is 6.39. The minimum atomic E-state index is -0.483. The van der Waals surface area contributed by atoms with Crippen LogP contribution in [-0.2, 0) is 19.1 Å². The van der Waals surface area contributed by atoms with Gasteiger partial charge < -0.3 is 9.64 Å². The fourth-order valence-corrected chi connectivity index (χ4v) is 1.74. The number of hydrogen-bond acceptors (Lipinski definition) is 5. The summed E-state index contributed by atoms with van der Waals surface area (Å²) in [6, 6.07) is 0. The highest BCUT2D eigenvalue weighted by Gasteiger charge is 2.26. The Kier molecular flexibility index (Phi) is 5.89. The molecule has 1 rings (SSSR count). The van der Waals surface area contributed by atoms with Crippen LogP contribution >= 0.6 is 0 Å². The normalized spacial score (nSPS) is 14.6. The Labute approximate surface area is 117 Å². The van der Waals surface area contributed by atoms with E-state index in [2.05, 4.69) is 11.7 Å². The van der Waals surface area contributed by atoms with E-state index >= 15 is 0 Å². The molecular formula is C13H19N3O4. The molecule has 7 nitrogen and oxygen atoms in total. The monoisotopic (exact) mass is 281 g/mol. The highest BCUT2D eigenvalue weighted by atomic mass is 16.5. The van der Waals surface area contributed by atoms with Crippen molar-refractivity contribution in [1.82, 2.24) is 9.91 Å². The number of ether oxygens (including phenoxy) is 1. The fourth-order valence-electron chi connectivity index (χ4n) is 1.74. The molecule has 0 spiro atoms. The van der Waals surface area contributed by atoms with E-state index in [1.54, 1.807) is 6.92 Å². The van der Waals surface area contributed by atoms with E-state index in [1.807, 2.05) is 0 Å². The molecule has 0 saturated carbocycles. The molecule has 110 valence electrons. The first kappa shape index (κ1) is 15.9. The largest absolute Gasteiger partial charge is 0.465 e. The van der Waals surface area contributed by atoms with Crippen molar-refractivity contribution in [3.05, 3.63) is 12.7 Å². The summed E-state index contributed by atoms with van der Waals surface area (Å²) in [4.78, 5) is 36.4. The second-order valence-corrected chi connectivity index (χ2v) is 4.24. The Morgan fingerprint density at radius 2 is 2.20 bits per heavy atom. The van der Waals surface area contributed by atoms with Crippen LogP contribution < -0.4 is 0 Å². The third-order valence-corrected chi connectivity index (χ3v) is 2.72. The van der Waals surface area contributed by atoms with Gasteiger partial charge >= 0.3 is 5.97 Å². The fraction of sp³-hybridized carbons (Fsp3) is 0.538. The van der Waals surface area contributed by atoms with Gasteiger partial charge in [-0.05, 0) is 6.92 Å². The molecule has 0 saturated heterocycles. The van der Waals surface area contributed by atoms with Gasteiger partial charge in [-0.2, -0.15) is 5.10 Å². The zero-order valence-corrected chi connectivity index (χ0v) is 11.8. The number of hydrazone groups is 1. The molecule has 0 aliphatic carbocycles. The molecule has 1 heterocycles. The summed E-state index contributed by atoms with van der Waals surface area (Å²) < 4.78 is 4.82. The SMILES string of the molecule is C=CCN(CC(=O)OCC)C(=O)C1=NN(C)C(=O)CC1.